The van der Waals surface area contributed by atoms with Gasteiger partial charge in [-0.3, -0.25) is 0 Å². The van der Waals surface area contributed by atoms with E-state index in [1.54, 1.807) is 0 Å². The number of fused-ring (bicyclic) bond motifs is 7. The second kappa shape index (κ2) is 5.45. The van der Waals surface area contributed by atoms with E-state index in [1.807, 2.05) is 24.3 Å². The van der Waals surface area contributed by atoms with E-state index in [4.69, 9.17) is 4.74 Å². The molecule has 2 aromatic rings. The Labute approximate surface area is 137 Å². The molecule has 0 radical (unpaired) electrons. The van der Waals surface area contributed by atoms with Gasteiger partial charge in [-0.2, -0.15) is 0 Å². The summed E-state index contributed by atoms with van der Waals surface area (Å²) in [6, 6.07) is 16.6. The molecule has 0 saturated carbocycles. The predicted octanol–water partition coefficient (Wildman–Crippen LogP) is 3.39. The van der Waals surface area contributed by atoms with Crippen LogP contribution in [-0.4, -0.2) is 30.6 Å². The number of hydrogen-bond acceptors (Lipinski definition) is 3. The van der Waals surface area contributed by atoms with Gasteiger partial charge in [-0.25, -0.2) is 0 Å². The van der Waals surface area contributed by atoms with Gasteiger partial charge >= 0.3 is 0 Å². The summed E-state index contributed by atoms with van der Waals surface area (Å²) in [7, 11) is 4.20. The first-order chi connectivity index (χ1) is 11.1. The lowest BCUT2D eigenvalue weighted by molar-refractivity contribution is -0.124. The summed E-state index contributed by atoms with van der Waals surface area (Å²) in [5, 5.41) is 10.8. The van der Waals surface area contributed by atoms with Gasteiger partial charge in [0.2, 0.25) is 0 Å². The second-order valence-corrected chi connectivity index (χ2v) is 6.89. The maximum Gasteiger partial charge on any atom is 0.120 e. The van der Waals surface area contributed by atoms with Crippen molar-refractivity contribution in [2.24, 2.45) is 0 Å². The van der Waals surface area contributed by atoms with Crippen molar-refractivity contribution in [3.8, 4) is 0 Å². The Hall–Kier alpha value is -1.68. The summed E-state index contributed by atoms with van der Waals surface area (Å²) in [5.41, 5.74) is 4.11. The first-order valence-electron chi connectivity index (χ1n) is 8.33. The number of hydrogen-bond donors (Lipinski definition) is 1. The zero-order valence-corrected chi connectivity index (χ0v) is 13.7. The highest BCUT2D eigenvalue weighted by molar-refractivity contribution is 5.53. The monoisotopic (exact) mass is 309 g/mol. The third-order valence-corrected chi connectivity index (χ3v) is 5.17. The van der Waals surface area contributed by atoms with Crippen LogP contribution in [0.5, 0.6) is 0 Å². The third-order valence-electron chi connectivity index (χ3n) is 5.17. The van der Waals surface area contributed by atoms with Crippen molar-refractivity contribution in [2.45, 2.75) is 30.7 Å². The minimum absolute atomic E-state index is 0.250. The van der Waals surface area contributed by atoms with Crippen molar-refractivity contribution in [2.75, 3.05) is 20.6 Å². The average Bonchev–Trinajstić information content (AvgIpc) is 2.86. The van der Waals surface area contributed by atoms with Crippen LogP contribution in [-0.2, 0) is 10.3 Å². The summed E-state index contributed by atoms with van der Waals surface area (Å²) in [6.45, 7) is 1.03. The Morgan fingerprint density at radius 2 is 1.61 bits per heavy atom. The van der Waals surface area contributed by atoms with Crippen LogP contribution in [0.2, 0.25) is 0 Å². The zero-order chi connectivity index (χ0) is 16.0. The number of aliphatic hydroxyl groups excluding tert-OH is 1. The number of benzene rings is 2. The maximum absolute atomic E-state index is 10.8. The topological polar surface area (TPSA) is 32.7 Å². The lowest BCUT2D eigenvalue weighted by atomic mass is 9.80. The largest absolute Gasteiger partial charge is 0.385 e. The quantitative estimate of drug-likeness (QED) is 0.939. The zero-order valence-electron chi connectivity index (χ0n) is 13.7. The second-order valence-electron chi connectivity index (χ2n) is 6.89. The van der Waals surface area contributed by atoms with Gasteiger partial charge in [0, 0.05) is 0 Å². The first-order valence-corrected chi connectivity index (χ1v) is 8.33. The summed E-state index contributed by atoms with van der Waals surface area (Å²) < 4.78 is 6.51. The molecule has 2 bridgehead atoms. The molecule has 0 aliphatic carbocycles. The van der Waals surface area contributed by atoms with Gasteiger partial charge in [-0.15, -0.1) is 0 Å². The molecule has 23 heavy (non-hydrogen) atoms. The van der Waals surface area contributed by atoms with Crippen molar-refractivity contribution in [3.63, 3.8) is 0 Å². The van der Waals surface area contributed by atoms with Gasteiger partial charge in [0.05, 0.1) is 0 Å². The third kappa shape index (κ3) is 2.15. The van der Waals surface area contributed by atoms with Crippen LogP contribution in [0.25, 0.3) is 0 Å². The van der Waals surface area contributed by atoms with E-state index in [0.29, 0.717) is 0 Å². The van der Waals surface area contributed by atoms with Crippen molar-refractivity contribution in [3.05, 3.63) is 70.8 Å². The molecule has 1 N–H and O–H groups in total. The molecule has 2 heterocycles. The fraction of sp³-hybridized carbons (Fsp3) is 0.400. The molecule has 3 atom stereocenters. The normalized spacial score (nSPS) is 27.8. The minimum Gasteiger partial charge on any atom is -0.385 e. The molecule has 2 aliphatic heterocycles. The molecule has 3 unspecified atom stereocenters. The van der Waals surface area contributed by atoms with Crippen LogP contribution in [0.15, 0.2) is 48.5 Å². The van der Waals surface area contributed by atoms with Gasteiger partial charge in [-0.1, -0.05) is 48.5 Å². The van der Waals surface area contributed by atoms with Crippen molar-refractivity contribution < 1.29 is 9.84 Å². The first kappa shape index (κ1) is 14.9. The van der Waals surface area contributed by atoms with E-state index in [1.165, 1.54) is 5.56 Å². The molecular formula is C20H23NO2. The molecular weight excluding hydrogens is 286 g/mol. The molecule has 0 spiro atoms. The van der Waals surface area contributed by atoms with E-state index in [2.05, 4.69) is 43.3 Å². The van der Waals surface area contributed by atoms with Crippen molar-refractivity contribution in [1.82, 2.24) is 4.90 Å². The molecule has 120 valence electrons. The Morgan fingerprint density at radius 3 is 2.30 bits per heavy atom. The SMILES string of the molecule is CN(C)CCCC12OC(c3ccccc31)C(O)c1ccccc12. The van der Waals surface area contributed by atoms with E-state index in [9.17, 15) is 5.11 Å². The standard InChI is InChI=1S/C20H23NO2/c1-21(2)13-7-12-20-16-10-5-3-8-14(16)18(22)19(23-20)15-9-4-6-11-17(15)20/h3-6,8-11,18-19,22H,7,12-13H2,1-2H3. The van der Waals surface area contributed by atoms with Gasteiger partial charge in [0.25, 0.3) is 0 Å². The van der Waals surface area contributed by atoms with Gasteiger partial charge in [-0.05, 0) is 55.7 Å². The minimum atomic E-state index is -0.586. The molecule has 0 aromatic heterocycles. The van der Waals surface area contributed by atoms with Gasteiger partial charge in [0.15, 0.2) is 0 Å². The molecule has 0 amide bonds. The lowest BCUT2D eigenvalue weighted by Crippen LogP contribution is -2.34. The Bertz CT molecular complexity index is 727. The number of aliphatic hydroxyl groups is 1. The van der Waals surface area contributed by atoms with Crippen LogP contribution in [0.4, 0.5) is 0 Å². The Morgan fingerprint density at radius 1 is 1.00 bits per heavy atom. The Balaban J connectivity index is 1.85. The van der Waals surface area contributed by atoms with Crippen LogP contribution >= 0.6 is 0 Å². The van der Waals surface area contributed by atoms with Gasteiger partial charge < -0.3 is 14.7 Å². The summed E-state index contributed by atoms with van der Waals surface area (Å²) in [6.07, 6.45) is 1.15. The van der Waals surface area contributed by atoms with Crippen molar-refractivity contribution >= 4 is 0 Å². The number of nitrogens with zero attached hydrogens (tertiary/aromatic N) is 1. The molecule has 3 heteroatoms. The smallest absolute Gasteiger partial charge is 0.120 e. The fourth-order valence-electron chi connectivity index (χ4n) is 4.16. The molecule has 0 saturated heterocycles. The molecule has 2 aliphatic rings. The van der Waals surface area contributed by atoms with E-state index in [-0.39, 0.29) is 6.10 Å². The highest BCUT2D eigenvalue weighted by Crippen LogP contribution is 2.58. The maximum atomic E-state index is 10.8. The summed E-state index contributed by atoms with van der Waals surface area (Å²) in [5.74, 6) is 0. The van der Waals surface area contributed by atoms with E-state index < -0.39 is 11.7 Å². The van der Waals surface area contributed by atoms with Crippen LogP contribution in [0.3, 0.4) is 0 Å². The summed E-state index contributed by atoms with van der Waals surface area (Å²) in [4.78, 5) is 2.21. The molecule has 2 aromatic carbocycles. The fourth-order valence-corrected chi connectivity index (χ4v) is 4.16. The molecule has 0 fully saturated rings. The van der Waals surface area contributed by atoms with Gasteiger partial charge in [0.1, 0.15) is 17.8 Å². The van der Waals surface area contributed by atoms with Crippen LogP contribution in [0.1, 0.15) is 47.3 Å². The van der Waals surface area contributed by atoms with E-state index >= 15 is 0 Å². The molecule has 3 nitrogen and oxygen atoms in total. The van der Waals surface area contributed by atoms with E-state index in [0.717, 1.165) is 36.1 Å². The Kier molecular flexibility index (Phi) is 3.52. The highest BCUT2D eigenvalue weighted by Gasteiger charge is 2.53. The number of ether oxygens (including phenoxy) is 1. The summed E-state index contributed by atoms with van der Waals surface area (Å²) >= 11 is 0. The van der Waals surface area contributed by atoms with Crippen LogP contribution in [0, 0.1) is 0 Å². The average molecular weight is 309 g/mol. The lowest BCUT2D eigenvalue weighted by Gasteiger charge is -2.39. The number of rotatable bonds is 4. The van der Waals surface area contributed by atoms with Crippen molar-refractivity contribution in [1.29, 1.82) is 0 Å². The van der Waals surface area contributed by atoms with Crippen LogP contribution < -0.4 is 0 Å². The predicted molar refractivity (Wildman–Crippen MR) is 90.2 cm³/mol. The highest BCUT2D eigenvalue weighted by atomic mass is 16.5. The molecule has 4 rings (SSSR count).